The van der Waals surface area contributed by atoms with Crippen LogP contribution in [0.25, 0.3) is 0 Å². The zero-order valence-electron chi connectivity index (χ0n) is 16.2. The Balaban J connectivity index is 1.77. The monoisotopic (exact) mass is 363 g/mol. The highest BCUT2D eigenvalue weighted by molar-refractivity contribution is 5.85. The third-order valence-corrected chi connectivity index (χ3v) is 5.36. The summed E-state index contributed by atoms with van der Waals surface area (Å²) in [6.07, 6.45) is 0.814. The van der Waals surface area contributed by atoms with Crippen molar-refractivity contribution in [2.45, 2.75) is 32.9 Å². The van der Waals surface area contributed by atoms with E-state index in [4.69, 9.17) is 4.74 Å². The third-order valence-electron chi connectivity index (χ3n) is 5.36. The van der Waals surface area contributed by atoms with Crippen molar-refractivity contribution in [3.63, 3.8) is 0 Å². The number of esters is 1. The van der Waals surface area contributed by atoms with Gasteiger partial charge in [-0.1, -0.05) is 50.6 Å². The number of nitrogens with one attached hydrogen (secondary N) is 3. The quantitative estimate of drug-likeness (QED) is 0.502. The average molecular weight is 364 g/mol. The van der Waals surface area contributed by atoms with Gasteiger partial charge in [0.1, 0.15) is 38.8 Å². The molecule has 2 rings (SSSR count). The third kappa shape index (κ3) is 6.11. The first kappa shape index (κ1) is 20.4. The maximum absolute atomic E-state index is 12.4. The molecule has 0 unspecified atom stereocenters. The predicted octanol–water partition coefficient (Wildman–Crippen LogP) is -1.33. The number of ether oxygens (including phenoxy) is 1. The highest BCUT2D eigenvalue weighted by Gasteiger charge is 2.29. The van der Waals surface area contributed by atoms with Crippen molar-refractivity contribution in [2.24, 2.45) is 5.92 Å². The molecule has 1 aliphatic rings. The lowest BCUT2D eigenvalue weighted by Crippen LogP contribution is -3.28. The van der Waals surface area contributed by atoms with Crippen molar-refractivity contribution in [1.29, 1.82) is 0 Å². The molecule has 1 saturated heterocycles. The van der Waals surface area contributed by atoms with Gasteiger partial charge in [-0.3, -0.25) is 4.79 Å². The summed E-state index contributed by atoms with van der Waals surface area (Å²) in [7, 11) is 1.36. The van der Waals surface area contributed by atoms with Crippen molar-refractivity contribution in [3.8, 4) is 0 Å². The fourth-order valence-corrected chi connectivity index (χ4v) is 3.44. The summed E-state index contributed by atoms with van der Waals surface area (Å²) in [6, 6.07) is 9.98. The zero-order valence-corrected chi connectivity index (χ0v) is 16.2. The van der Waals surface area contributed by atoms with Crippen molar-refractivity contribution < 1.29 is 24.1 Å². The van der Waals surface area contributed by atoms with Gasteiger partial charge in [-0.15, -0.1) is 0 Å². The molecule has 1 fully saturated rings. The Morgan fingerprint density at radius 2 is 1.73 bits per heavy atom. The number of piperazine rings is 1. The van der Waals surface area contributed by atoms with Crippen LogP contribution in [0.2, 0.25) is 0 Å². The molecule has 1 heterocycles. The minimum atomic E-state index is -0.554. The molecule has 144 valence electrons. The van der Waals surface area contributed by atoms with Gasteiger partial charge in [-0.25, -0.2) is 4.79 Å². The fourth-order valence-electron chi connectivity index (χ4n) is 3.44. The molecular weight excluding hydrogens is 330 g/mol. The smallest absolute Gasteiger partial charge is 0.328 e. The molecule has 0 bridgehead atoms. The summed E-state index contributed by atoms with van der Waals surface area (Å²) in [5.41, 5.74) is 1.36. The SMILES string of the molecule is CC[C@@H](C)[C@@H](NC(=O)C[NH+]1CC[NH+](Cc2ccccc2)CC1)C(=O)OC. The maximum atomic E-state index is 12.4. The Morgan fingerprint density at radius 3 is 2.31 bits per heavy atom. The Hall–Kier alpha value is -1.92. The lowest BCUT2D eigenvalue weighted by Gasteiger charge is -2.30. The first-order chi connectivity index (χ1) is 12.5. The van der Waals surface area contributed by atoms with Crippen LogP contribution in [0, 0.1) is 5.92 Å². The van der Waals surface area contributed by atoms with Crippen molar-refractivity contribution in [2.75, 3.05) is 39.8 Å². The number of hydrogen-bond donors (Lipinski definition) is 3. The molecular formula is C20H33N3O3+2. The molecule has 1 amide bonds. The summed E-state index contributed by atoms with van der Waals surface area (Å²) in [6.45, 7) is 9.49. The molecule has 1 aromatic carbocycles. The van der Waals surface area contributed by atoms with E-state index in [1.54, 1.807) is 4.90 Å². The first-order valence-corrected chi connectivity index (χ1v) is 9.61. The van der Waals surface area contributed by atoms with Crippen molar-refractivity contribution >= 4 is 11.9 Å². The molecule has 0 aliphatic carbocycles. The van der Waals surface area contributed by atoms with Gasteiger partial charge < -0.3 is 19.9 Å². The van der Waals surface area contributed by atoms with E-state index in [9.17, 15) is 9.59 Å². The lowest BCUT2D eigenvalue weighted by atomic mass is 9.99. The zero-order chi connectivity index (χ0) is 18.9. The molecule has 0 aromatic heterocycles. The molecule has 1 aliphatic heterocycles. The largest absolute Gasteiger partial charge is 0.467 e. The summed E-state index contributed by atoms with van der Waals surface area (Å²) in [5, 5.41) is 2.88. The Labute approximate surface area is 156 Å². The Morgan fingerprint density at radius 1 is 1.12 bits per heavy atom. The number of hydrogen-bond acceptors (Lipinski definition) is 3. The Kier molecular flexibility index (Phi) is 8.06. The summed E-state index contributed by atoms with van der Waals surface area (Å²) >= 11 is 0. The van der Waals surface area contributed by atoms with Gasteiger partial charge in [-0.05, 0) is 5.92 Å². The van der Waals surface area contributed by atoms with Crippen LogP contribution in [-0.4, -0.2) is 57.8 Å². The highest BCUT2D eigenvalue weighted by atomic mass is 16.5. The van der Waals surface area contributed by atoms with Crippen LogP contribution in [0.15, 0.2) is 30.3 Å². The van der Waals surface area contributed by atoms with Crippen LogP contribution in [0.4, 0.5) is 0 Å². The second-order valence-corrected chi connectivity index (χ2v) is 7.29. The second-order valence-electron chi connectivity index (χ2n) is 7.29. The van der Waals surface area contributed by atoms with E-state index >= 15 is 0 Å². The van der Waals surface area contributed by atoms with Crippen molar-refractivity contribution in [1.82, 2.24) is 5.32 Å². The van der Waals surface area contributed by atoms with E-state index in [2.05, 4.69) is 29.6 Å². The number of benzene rings is 1. The molecule has 6 heteroatoms. The van der Waals surface area contributed by atoms with E-state index < -0.39 is 6.04 Å². The summed E-state index contributed by atoms with van der Waals surface area (Å²) < 4.78 is 4.83. The minimum Gasteiger partial charge on any atom is -0.467 e. The molecule has 0 radical (unpaired) electrons. The number of amides is 1. The molecule has 6 nitrogen and oxygen atoms in total. The van der Waals surface area contributed by atoms with Crippen LogP contribution in [0.5, 0.6) is 0 Å². The lowest BCUT2D eigenvalue weighted by molar-refractivity contribution is -1.02. The molecule has 1 aromatic rings. The van der Waals surface area contributed by atoms with Crippen molar-refractivity contribution in [3.05, 3.63) is 35.9 Å². The molecule has 26 heavy (non-hydrogen) atoms. The fraction of sp³-hybridized carbons (Fsp3) is 0.600. The molecule has 3 N–H and O–H groups in total. The number of rotatable bonds is 8. The van der Waals surface area contributed by atoms with Gasteiger partial charge in [0, 0.05) is 5.56 Å². The van der Waals surface area contributed by atoms with Gasteiger partial charge in [0.05, 0.1) is 7.11 Å². The standard InChI is InChI=1S/C20H31N3O3/c1-4-16(2)19(20(25)26-3)21-18(24)15-23-12-10-22(11-13-23)14-17-8-6-5-7-9-17/h5-9,16,19H,4,10-15H2,1-3H3,(H,21,24)/p+2/t16-,19-/m1/s1. The van der Waals surface area contributed by atoms with Gasteiger partial charge in [-0.2, -0.15) is 0 Å². The summed E-state index contributed by atoms with van der Waals surface area (Å²) in [4.78, 5) is 27.1. The maximum Gasteiger partial charge on any atom is 0.328 e. The van der Waals surface area contributed by atoms with Gasteiger partial charge in [0.15, 0.2) is 6.54 Å². The van der Waals surface area contributed by atoms with E-state index in [1.807, 2.05) is 19.9 Å². The van der Waals surface area contributed by atoms with Crippen LogP contribution in [0.3, 0.4) is 0 Å². The number of carbonyl (C=O) groups is 2. The van der Waals surface area contributed by atoms with Crippen LogP contribution in [0.1, 0.15) is 25.8 Å². The number of methoxy groups -OCH3 is 1. The van der Waals surface area contributed by atoms with Crippen LogP contribution >= 0.6 is 0 Å². The normalized spacial score (nSPS) is 22.3. The van der Waals surface area contributed by atoms with E-state index in [1.165, 1.54) is 17.6 Å². The minimum absolute atomic E-state index is 0.0635. The van der Waals surface area contributed by atoms with E-state index in [0.717, 1.165) is 39.1 Å². The molecule has 2 atom stereocenters. The van der Waals surface area contributed by atoms with E-state index in [-0.39, 0.29) is 17.8 Å². The predicted molar refractivity (Wildman–Crippen MR) is 99.8 cm³/mol. The summed E-state index contributed by atoms with van der Waals surface area (Å²) in [5.74, 6) is -0.365. The highest BCUT2D eigenvalue weighted by Crippen LogP contribution is 2.08. The number of quaternary nitrogens is 2. The second kappa shape index (κ2) is 10.3. The van der Waals surface area contributed by atoms with Gasteiger partial charge in [0.25, 0.3) is 5.91 Å². The topological polar surface area (TPSA) is 64.3 Å². The molecule has 0 saturated carbocycles. The first-order valence-electron chi connectivity index (χ1n) is 9.61. The van der Waals surface area contributed by atoms with Gasteiger partial charge in [0.2, 0.25) is 0 Å². The average Bonchev–Trinajstić information content (AvgIpc) is 2.67. The van der Waals surface area contributed by atoms with Gasteiger partial charge >= 0.3 is 5.97 Å². The molecule has 0 spiro atoms. The van der Waals surface area contributed by atoms with Crippen LogP contribution < -0.4 is 15.1 Å². The van der Waals surface area contributed by atoms with Crippen LogP contribution in [-0.2, 0) is 20.9 Å². The van der Waals surface area contributed by atoms with E-state index in [0.29, 0.717) is 6.54 Å². The number of carbonyl (C=O) groups excluding carboxylic acids is 2. The Bertz CT molecular complexity index is 571.